The van der Waals surface area contributed by atoms with Crippen LogP contribution in [0.4, 0.5) is 4.39 Å². The van der Waals surface area contributed by atoms with Gasteiger partial charge in [0, 0.05) is 38.1 Å². The van der Waals surface area contributed by atoms with Crippen molar-refractivity contribution < 1.29 is 4.39 Å². The lowest BCUT2D eigenvalue weighted by Crippen LogP contribution is -2.66. The van der Waals surface area contributed by atoms with E-state index in [2.05, 4.69) is 41.1 Å². The van der Waals surface area contributed by atoms with Crippen LogP contribution in [-0.2, 0) is 6.54 Å². The highest BCUT2D eigenvalue weighted by atomic mass is 19.1. The third-order valence-electron chi connectivity index (χ3n) is 4.17. The van der Waals surface area contributed by atoms with Gasteiger partial charge in [0.15, 0.2) is 0 Å². The van der Waals surface area contributed by atoms with Gasteiger partial charge in [0.2, 0.25) is 0 Å². The fourth-order valence-electron chi connectivity index (χ4n) is 3.23. The molecule has 2 aliphatic rings. The molecule has 0 aromatic heterocycles. The maximum atomic E-state index is 13.4. The third kappa shape index (κ3) is 1.98. The van der Waals surface area contributed by atoms with E-state index in [1.807, 2.05) is 6.07 Å². The number of benzene rings is 1. The smallest absolute Gasteiger partial charge is 0.115 e. The molecule has 0 saturated carbocycles. The van der Waals surface area contributed by atoms with Crippen LogP contribution in [0, 0.1) is 0 Å². The number of rotatable bonds is 2. The predicted octanol–water partition coefficient (Wildman–Crippen LogP) is 1.91. The molecule has 3 heteroatoms. The Balaban J connectivity index is 1.58. The van der Waals surface area contributed by atoms with Crippen molar-refractivity contribution in [3.05, 3.63) is 35.9 Å². The molecule has 1 unspecified atom stereocenters. The van der Waals surface area contributed by atoms with Gasteiger partial charge in [-0.2, -0.15) is 0 Å². The molecule has 17 heavy (non-hydrogen) atoms. The molecule has 2 saturated heterocycles. The molecule has 1 aromatic rings. The fourth-order valence-corrected chi connectivity index (χ4v) is 3.23. The van der Waals surface area contributed by atoms with E-state index in [4.69, 9.17) is 0 Å². The molecule has 1 atom stereocenters. The monoisotopic (exact) mass is 234 g/mol. The molecule has 2 nitrogen and oxygen atoms in total. The maximum absolute atomic E-state index is 13.4. The van der Waals surface area contributed by atoms with Crippen molar-refractivity contribution in [3.8, 4) is 0 Å². The summed E-state index contributed by atoms with van der Waals surface area (Å²) in [5, 5.41) is 0. The quantitative estimate of drug-likeness (QED) is 0.771. The lowest BCUT2D eigenvalue weighted by molar-refractivity contribution is -0.0222. The van der Waals surface area contributed by atoms with Gasteiger partial charge >= 0.3 is 0 Å². The molecule has 1 spiro atoms. The van der Waals surface area contributed by atoms with Crippen LogP contribution < -0.4 is 0 Å². The second kappa shape index (κ2) is 4.07. The minimum absolute atomic E-state index is 0.133. The SMILES string of the molecule is CN1CC(F)CC12CN(Cc1ccccc1)C2. The Hall–Kier alpha value is -0.930. The Morgan fingerprint density at radius 3 is 2.59 bits per heavy atom. The summed E-state index contributed by atoms with van der Waals surface area (Å²) in [4.78, 5) is 4.61. The minimum Gasteiger partial charge on any atom is -0.295 e. The fraction of sp³-hybridized carbons (Fsp3) is 0.571. The first-order valence-corrected chi connectivity index (χ1v) is 6.30. The van der Waals surface area contributed by atoms with Gasteiger partial charge in [-0.15, -0.1) is 0 Å². The molecule has 0 amide bonds. The van der Waals surface area contributed by atoms with Crippen LogP contribution in [0.2, 0.25) is 0 Å². The van der Waals surface area contributed by atoms with E-state index in [-0.39, 0.29) is 5.54 Å². The Labute approximate surface area is 102 Å². The van der Waals surface area contributed by atoms with Crippen molar-refractivity contribution in [2.24, 2.45) is 0 Å². The summed E-state index contributed by atoms with van der Waals surface area (Å²) < 4.78 is 13.4. The van der Waals surface area contributed by atoms with Gasteiger partial charge in [0.1, 0.15) is 6.17 Å². The second-order valence-corrected chi connectivity index (χ2v) is 5.54. The average Bonchev–Trinajstić information content (AvgIpc) is 2.55. The van der Waals surface area contributed by atoms with Crippen LogP contribution in [0.3, 0.4) is 0 Å². The molecule has 0 bridgehead atoms. The number of halogens is 1. The zero-order valence-corrected chi connectivity index (χ0v) is 10.3. The van der Waals surface area contributed by atoms with E-state index in [0.717, 1.165) is 26.1 Å². The molecular weight excluding hydrogens is 215 g/mol. The standard InChI is InChI=1S/C14H19FN2/c1-16-9-13(15)7-14(16)10-17(11-14)8-12-5-3-2-4-6-12/h2-6,13H,7-11H2,1H3. The summed E-state index contributed by atoms with van der Waals surface area (Å²) in [5.41, 5.74) is 1.48. The van der Waals surface area contributed by atoms with Crippen molar-refractivity contribution >= 4 is 0 Å². The molecule has 0 N–H and O–H groups in total. The predicted molar refractivity (Wildman–Crippen MR) is 66.6 cm³/mol. The zero-order valence-electron chi connectivity index (χ0n) is 10.3. The molecule has 0 radical (unpaired) electrons. The van der Waals surface area contributed by atoms with E-state index in [9.17, 15) is 4.39 Å². The zero-order chi connectivity index (χ0) is 11.9. The van der Waals surface area contributed by atoms with Gasteiger partial charge in [-0.05, 0) is 12.6 Å². The molecule has 2 aliphatic heterocycles. The van der Waals surface area contributed by atoms with E-state index < -0.39 is 6.17 Å². The number of hydrogen-bond acceptors (Lipinski definition) is 2. The molecule has 2 fully saturated rings. The van der Waals surface area contributed by atoms with Gasteiger partial charge in [0.25, 0.3) is 0 Å². The number of nitrogens with zero attached hydrogens (tertiary/aromatic N) is 2. The summed E-state index contributed by atoms with van der Waals surface area (Å²) in [6.45, 7) is 3.63. The van der Waals surface area contributed by atoms with Crippen LogP contribution in [0.25, 0.3) is 0 Å². The summed E-state index contributed by atoms with van der Waals surface area (Å²) in [5.74, 6) is 0. The normalized spacial score (nSPS) is 28.5. The highest BCUT2D eigenvalue weighted by molar-refractivity contribution is 5.17. The van der Waals surface area contributed by atoms with E-state index in [1.54, 1.807) is 0 Å². The molecule has 92 valence electrons. The largest absolute Gasteiger partial charge is 0.295 e. The lowest BCUT2D eigenvalue weighted by atomic mass is 9.86. The van der Waals surface area contributed by atoms with Gasteiger partial charge in [-0.3, -0.25) is 9.80 Å². The highest BCUT2D eigenvalue weighted by Crippen LogP contribution is 2.38. The Bertz CT molecular complexity index is 386. The highest BCUT2D eigenvalue weighted by Gasteiger charge is 2.51. The first-order chi connectivity index (χ1) is 8.18. The van der Waals surface area contributed by atoms with Crippen molar-refractivity contribution in [2.75, 3.05) is 26.7 Å². The maximum Gasteiger partial charge on any atom is 0.115 e. The number of alkyl halides is 1. The van der Waals surface area contributed by atoms with Crippen LogP contribution in [0.15, 0.2) is 30.3 Å². The molecule has 0 aliphatic carbocycles. The average molecular weight is 234 g/mol. The van der Waals surface area contributed by atoms with Crippen LogP contribution >= 0.6 is 0 Å². The van der Waals surface area contributed by atoms with Gasteiger partial charge < -0.3 is 0 Å². The van der Waals surface area contributed by atoms with Crippen LogP contribution in [-0.4, -0.2) is 48.2 Å². The van der Waals surface area contributed by atoms with Crippen molar-refractivity contribution in [2.45, 2.75) is 24.7 Å². The Morgan fingerprint density at radius 1 is 1.29 bits per heavy atom. The summed E-state index contributed by atoms with van der Waals surface area (Å²) in [6, 6.07) is 10.5. The number of likely N-dealkylation sites (tertiary alicyclic amines) is 2. The Morgan fingerprint density at radius 2 is 2.00 bits per heavy atom. The Kier molecular flexibility index (Phi) is 2.68. The summed E-state index contributed by atoms with van der Waals surface area (Å²) >= 11 is 0. The molecule has 1 aromatic carbocycles. The van der Waals surface area contributed by atoms with Crippen molar-refractivity contribution in [1.29, 1.82) is 0 Å². The minimum atomic E-state index is -0.626. The van der Waals surface area contributed by atoms with Crippen LogP contribution in [0.5, 0.6) is 0 Å². The van der Waals surface area contributed by atoms with E-state index in [0.29, 0.717) is 6.54 Å². The van der Waals surface area contributed by atoms with Gasteiger partial charge in [-0.25, -0.2) is 4.39 Å². The third-order valence-corrected chi connectivity index (χ3v) is 4.17. The van der Waals surface area contributed by atoms with Crippen molar-refractivity contribution in [3.63, 3.8) is 0 Å². The number of likely N-dealkylation sites (N-methyl/N-ethyl adjacent to an activating group) is 1. The molecule has 2 heterocycles. The van der Waals surface area contributed by atoms with Gasteiger partial charge in [-0.1, -0.05) is 30.3 Å². The summed E-state index contributed by atoms with van der Waals surface area (Å²) in [7, 11) is 2.05. The van der Waals surface area contributed by atoms with Crippen molar-refractivity contribution in [1.82, 2.24) is 9.80 Å². The number of hydrogen-bond donors (Lipinski definition) is 0. The second-order valence-electron chi connectivity index (χ2n) is 5.54. The van der Waals surface area contributed by atoms with E-state index in [1.165, 1.54) is 5.56 Å². The molecule has 3 rings (SSSR count). The molecular formula is C14H19FN2. The van der Waals surface area contributed by atoms with Crippen LogP contribution in [0.1, 0.15) is 12.0 Å². The van der Waals surface area contributed by atoms with Gasteiger partial charge in [0.05, 0.1) is 0 Å². The first-order valence-electron chi connectivity index (χ1n) is 6.30. The lowest BCUT2D eigenvalue weighted by Gasteiger charge is -2.51. The summed E-state index contributed by atoms with van der Waals surface area (Å²) in [6.07, 6.45) is 0.0910. The van der Waals surface area contributed by atoms with E-state index >= 15 is 0 Å². The first kappa shape index (κ1) is 11.2. The topological polar surface area (TPSA) is 6.48 Å².